The Kier molecular flexibility index (Phi) is 5.03. The minimum Gasteiger partial charge on any atom is -0.493 e. The molecule has 0 spiro atoms. The fraction of sp³-hybridized carbons (Fsp3) is 0.125. The number of hydrogen-bond acceptors (Lipinski definition) is 5. The second-order valence-electron chi connectivity index (χ2n) is 4.56. The van der Waals surface area contributed by atoms with Crippen LogP contribution in [0.2, 0.25) is 0 Å². The lowest BCUT2D eigenvalue weighted by atomic mass is 10.1. The molecule has 0 fully saturated rings. The van der Waals surface area contributed by atoms with E-state index in [1.165, 1.54) is 12.1 Å². The predicted octanol–water partition coefficient (Wildman–Crippen LogP) is 4.07. The van der Waals surface area contributed by atoms with Gasteiger partial charge in [-0.25, -0.2) is 0 Å². The van der Waals surface area contributed by atoms with E-state index >= 15 is 0 Å². The highest BCUT2D eigenvalue weighted by Gasteiger charge is 2.17. The van der Waals surface area contributed by atoms with Crippen LogP contribution in [0.15, 0.2) is 42.5 Å². The third-order valence-corrected chi connectivity index (χ3v) is 3.08. The van der Waals surface area contributed by atoms with Gasteiger partial charge in [-0.3, -0.25) is 20.2 Å². The normalized spacial score (nSPS) is 10.7. The molecule has 2 rings (SSSR count). The van der Waals surface area contributed by atoms with Crippen LogP contribution in [0.25, 0.3) is 12.2 Å². The van der Waals surface area contributed by atoms with Gasteiger partial charge in [0, 0.05) is 11.6 Å². The van der Waals surface area contributed by atoms with Crippen LogP contribution in [0.4, 0.5) is 11.4 Å². The number of hydrogen-bond donors (Lipinski definition) is 0. The molecule has 0 saturated carbocycles. The van der Waals surface area contributed by atoms with Crippen LogP contribution in [0.1, 0.15) is 18.1 Å². The molecule has 0 N–H and O–H groups in total. The Morgan fingerprint density at radius 1 is 1.00 bits per heavy atom. The molecule has 0 aliphatic rings. The van der Waals surface area contributed by atoms with Crippen LogP contribution in [0.5, 0.6) is 5.75 Å². The van der Waals surface area contributed by atoms with Crippen molar-refractivity contribution in [1.82, 2.24) is 0 Å². The summed E-state index contributed by atoms with van der Waals surface area (Å²) in [6.07, 6.45) is 3.22. The van der Waals surface area contributed by atoms with Gasteiger partial charge in [0.05, 0.1) is 28.1 Å². The molecule has 2 aromatic carbocycles. The summed E-state index contributed by atoms with van der Waals surface area (Å²) >= 11 is 0. The molecular weight excluding hydrogens is 300 g/mol. The molecule has 0 atom stereocenters. The fourth-order valence-corrected chi connectivity index (χ4v) is 2.03. The molecule has 0 heterocycles. The number of rotatable bonds is 6. The zero-order valence-corrected chi connectivity index (χ0v) is 12.3. The third-order valence-electron chi connectivity index (χ3n) is 3.08. The van der Waals surface area contributed by atoms with Crippen molar-refractivity contribution in [2.24, 2.45) is 0 Å². The first kappa shape index (κ1) is 16.2. The largest absolute Gasteiger partial charge is 0.493 e. The van der Waals surface area contributed by atoms with E-state index in [9.17, 15) is 20.2 Å². The summed E-state index contributed by atoms with van der Waals surface area (Å²) in [4.78, 5) is 20.5. The summed E-state index contributed by atoms with van der Waals surface area (Å²) in [6.45, 7) is 2.37. The Morgan fingerprint density at radius 2 is 1.70 bits per heavy atom. The molecule has 23 heavy (non-hydrogen) atoms. The van der Waals surface area contributed by atoms with Crippen LogP contribution >= 0.6 is 0 Å². The van der Waals surface area contributed by atoms with Gasteiger partial charge in [-0.15, -0.1) is 0 Å². The molecule has 118 valence electrons. The van der Waals surface area contributed by atoms with Crippen molar-refractivity contribution in [2.45, 2.75) is 6.92 Å². The van der Waals surface area contributed by atoms with Crippen molar-refractivity contribution >= 4 is 23.5 Å². The van der Waals surface area contributed by atoms with Crippen LogP contribution in [0, 0.1) is 20.2 Å². The van der Waals surface area contributed by atoms with E-state index in [0.29, 0.717) is 12.4 Å². The lowest BCUT2D eigenvalue weighted by Crippen LogP contribution is -1.95. The van der Waals surface area contributed by atoms with Gasteiger partial charge in [0.2, 0.25) is 0 Å². The summed E-state index contributed by atoms with van der Waals surface area (Å²) in [5.41, 5.74) is 0.418. The summed E-state index contributed by atoms with van der Waals surface area (Å²) in [5, 5.41) is 21.8. The number of non-ortho nitro benzene ring substituents is 1. The van der Waals surface area contributed by atoms with E-state index in [0.717, 1.165) is 11.6 Å². The molecule has 0 unspecified atom stereocenters. The van der Waals surface area contributed by atoms with Gasteiger partial charge in [0.25, 0.3) is 11.4 Å². The number of benzene rings is 2. The molecule has 0 aromatic heterocycles. The first-order chi connectivity index (χ1) is 11.0. The van der Waals surface area contributed by atoms with E-state index in [4.69, 9.17) is 4.74 Å². The maximum atomic E-state index is 11.1. The quantitative estimate of drug-likeness (QED) is 0.455. The van der Waals surface area contributed by atoms with Gasteiger partial charge >= 0.3 is 0 Å². The maximum Gasteiger partial charge on any atom is 0.283 e. The van der Waals surface area contributed by atoms with E-state index in [-0.39, 0.29) is 16.9 Å². The van der Waals surface area contributed by atoms with Gasteiger partial charge in [0.15, 0.2) is 0 Å². The number of nitro groups is 2. The summed E-state index contributed by atoms with van der Waals surface area (Å²) in [6, 6.07) is 10.8. The molecule has 0 bridgehead atoms. The first-order valence-electron chi connectivity index (χ1n) is 6.85. The zero-order valence-electron chi connectivity index (χ0n) is 12.3. The first-order valence-corrected chi connectivity index (χ1v) is 6.85. The van der Waals surface area contributed by atoms with Gasteiger partial charge in [0.1, 0.15) is 5.75 Å². The second-order valence-corrected chi connectivity index (χ2v) is 4.56. The van der Waals surface area contributed by atoms with Gasteiger partial charge in [-0.2, -0.15) is 0 Å². The van der Waals surface area contributed by atoms with E-state index in [1.807, 2.05) is 25.1 Å². The van der Waals surface area contributed by atoms with Crippen molar-refractivity contribution in [1.29, 1.82) is 0 Å². The van der Waals surface area contributed by atoms with E-state index in [2.05, 4.69) is 0 Å². The minimum absolute atomic E-state index is 0.284. The lowest BCUT2D eigenvalue weighted by Gasteiger charge is -2.06. The summed E-state index contributed by atoms with van der Waals surface area (Å²) in [5.74, 6) is 0.663. The lowest BCUT2D eigenvalue weighted by molar-refractivity contribution is -0.394. The third kappa shape index (κ3) is 3.91. The average Bonchev–Trinajstić information content (AvgIpc) is 2.54. The number of nitrogens with zero attached hydrogens (tertiary/aromatic N) is 2. The van der Waals surface area contributed by atoms with Crippen molar-refractivity contribution in [3.05, 3.63) is 73.8 Å². The Balaban J connectivity index is 2.40. The molecule has 0 aliphatic heterocycles. The molecule has 7 heteroatoms. The number of para-hydroxylation sites is 1. The van der Waals surface area contributed by atoms with Crippen LogP contribution in [0.3, 0.4) is 0 Å². The van der Waals surface area contributed by atoms with Crippen LogP contribution in [-0.2, 0) is 0 Å². The highest BCUT2D eigenvalue weighted by atomic mass is 16.6. The van der Waals surface area contributed by atoms with E-state index < -0.39 is 9.85 Å². The Bertz CT molecular complexity index is 771. The highest BCUT2D eigenvalue weighted by Crippen LogP contribution is 2.27. The molecule has 0 amide bonds. The molecule has 2 aromatic rings. The summed E-state index contributed by atoms with van der Waals surface area (Å²) < 4.78 is 5.48. The SMILES string of the molecule is CCOc1ccccc1/C=C/c1ccc([N+](=O)[O-])cc1[N+](=O)[O-]. The molecule has 0 radical (unpaired) electrons. The standard InChI is InChI=1S/C16H14N2O5/c1-2-23-16-6-4-3-5-13(16)8-7-12-9-10-14(17(19)20)11-15(12)18(21)22/h3-11H,2H2,1H3/b8-7+. The highest BCUT2D eigenvalue weighted by molar-refractivity contribution is 5.77. The van der Waals surface area contributed by atoms with Gasteiger partial charge < -0.3 is 4.74 Å². The van der Waals surface area contributed by atoms with Crippen molar-refractivity contribution in [3.63, 3.8) is 0 Å². The molecule has 0 saturated heterocycles. The van der Waals surface area contributed by atoms with E-state index in [1.54, 1.807) is 18.2 Å². The van der Waals surface area contributed by atoms with Gasteiger partial charge in [-0.05, 0) is 25.1 Å². The molecular formula is C16H14N2O5. The monoisotopic (exact) mass is 314 g/mol. The molecule has 0 aliphatic carbocycles. The zero-order chi connectivity index (χ0) is 16.8. The van der Waals surface area contributed by atoms with Crippen LogP contribution in [-0.4, -0.2) is 16.5 Å². The average molecular weight is 314 g/mol. The second kappa shape index (κ2) is 7.17. The number of nitro benzene ring substituents is 2. The van der Waals surface area contributed by atoms with Crippen molar-refractivity contribution in [3.8, 4) is 5.75 Å². The Morgan fingerprint density at radius 3 is 2.35 bits per heavy atom. The Labute approximate surface area is 132 Å². The maximum absolute atomic E-state index is 11.1. The van der Waals surface area contributed by atoms with Crippen molar-refractivity contribution < 1.29 is 14.6 Å². The van der Waals surface area contributed by atoms with Crippen LogP contribution < -0.4 is 4.74 Å². The van der Waals surface area contributed by atoms with Crippen molar-refractivity contribution in [2.75, 3.05) is 6.61 Å². The Hall–Kier alpha value is -3.22. The number of ether oxygens (including phenoxy) is 1. The topological polar surface area (TPSA) is 95.5 Å². The van der Waals surface area contributed by atoms with Gasteiger partial charge in [-0.1, -0.05) is 24.3 Å². The smallest absolute Gasteiger partial charge is 0.283 e. The fourth-order valence-electron chi connectivity index (χ4n) is 2.03. The molecule has 7 nitrogen and oxygen atoms in total. The minimum atomic E-state index is -0.662. The summed E-state index contributed by atoms with van der Waals surface area (Å²) in [7, 11) is 0. The predicted molar refractivity (Wildman–Crippen MR) is 86.3 cm³/mol.